The van der Waals surface area contributed by atoms with Crippen molar-refractivity contribution >= 4 is 23.4 Å². The molecule has 5 nitrogen and oxygen atoms in total. The largest absolute Gasteiger partial charge is 0.382 e. The molecular weight excluding hydrogens is 310 g/mol. The lowest BCUT2D eigenvalue weighted by Gasteiger charge is -2.16. The van der Waals surface area contributed by atoms with E-state index < -0.39 is 5.41 Å². The number of hydrogen-bond donors (Lipinski definition) is 2. The Morgan fingerprint density at radius 2 is 2.04 bits per heavy atom. The van der Waals surface area contributed by atoms with Gasteiger partial charge < -0.3 is 11.1 Å². The van der Waals surface area contributed by atoms with E-state index >= 15 is 0 Å². The van der Waals surface area contributed by atoms with Crippen molar-refractivity contribution in [2.75, 3.05) is 17.6 Å². The van der Waals surface area contributed by atoms with Gasteiger partial charge in [-0.15, -0.1) is 0 Å². The highest BCUT2D eigenvalue weighted by Gasteiger charge is 2.19. The molecule has 0 fully saturated rings. The van der Waals surface area contributed by atoms with Crippen LogP contribution in [0.5, 0.6) is 0 Å². The van der Waals surface area contributed by atoms with E-state index in [0.717, 1.165) is 17.9 Å². The number of pyridine rings is 1. The van der Waals surface area contributed by atoms with Crippen LogP contribution in [0.15, 0.2) is 18.3 Å². The number of rotatable bonds is 3. The molecule has 6 heteroatoms. The quantitative estimate of drug-likeness (QED) is 0.846. The molecule has 2 heterocycles. The molecule has 0 atom stereocenters. The van der Waals surface area contributed by atoms with Crippen molar-refractivity contribution < 1.29 is 0 Å². The number of aryl methyl sites for hydroxylation is 1. The summed E-state index contributed by atoms with van der Waals surface area (Å²) >= 11 is 5.88. The average molecular weight is 330 g/mol. The predicted octanol–water partition coefficient (Wildman–Crippen LogP) is 3.18. The van der Waals surface area contributed by atoms with Crippen molar-refractivity contribution in [1.82, 2.24) is 15.0 Å². The Morgan fingerprint density at radius 1 is 1.30 bits per heavy atom. The van der Waals surface area contributed by atoms with Crippen LogP contribution in [-0.2, 0) is 5.41 Å². The fraction of sp³-hybridized carbons (Fsp3) is 0.353. The van der Waals surface area contributed by atoms with Gasteiger partial charge in [0.2, 0.25) is 5.95 Å². The lowest BCUT2D eigenvalue weighted by molar-refractivity contribution is 0.670. The Hall–Kier alpha value is -2.32. The Kier molecular flexibility index (Phi) is 5.07. The van der Waals surface area contributed by atoms with E-state index in [1.54, 1.807) is 12.3 Å². The molecule has 0 aliphatic heterocycles. The summed E-state index contributed by atoms with van der Waals surface area (Å²) < 4.78 is 0. The van der Waals surface area contributed by atoms with Gasteiger partial charge in [0.25, 0.3) is 0 Å². The second-order valence-electron chi connectivity index (χ2n) is 5.66. The zero-order valence-electron chi connectivity index (χ0n) is 13.7. The van der Waals surface area contributed by atoms with Crippen LogP contribution >= 0.6 is 11.6 Å². The normalized spacial score (nSPS) is 10.8. The Balaban J connectivity index is 2.35. The Morgan fingerprint density at radius 3 is 2.61 bits per heavy atom. The first-order valence-electron chi connectivity index (χ1n) is 7.36. The number of nitrogens with one attached hydrogen (secondary N) is 1. The van der Waals surface area contributed by atoms with Gasteiger partial charge in [0, 0.05) is 12.7 Å². The number of aromatic nitrogens is 3. The van der Waals surface area contributed by atoms with Crippen LogP contribution in [0.1, 0.15) is 37.7 Å². The molecule has 0 aliphatic carbocycles. The van der Waals surface area contributed by atoms with Gasteiger partial charge in [0.05, 0.1) is 27.4 Å². The van der Waals surface area contributed by atoms with Gasteiger partial charge in [0.1, 0.15) is 5.82 Å². The maximum atomic E-state index is 6.01. The van der Waals surface area contributed by atoms with Gasteiger partial charge in [-0.2, -0.15) is 4.98 Å². The third-order valence-electron chi connectivity index (χ3n) is 3.32. The number of nitrogen functional groups attached to an aromatic ring is 1. The SMILES string of the molecule is CCNc1nc(C)c(C#CC(C)(C)c2ccc(Cl)cn2)c(N)n1. The summed E-state index contributed by atoms with van der Waals surface area (Å²) in [6, 6.07) is 3.68. The van der Waals surface area contributed by atoms with E-state index in [0.29, 0.717) is 22.4 Å². The summed E-state index contributed by atoms with van der Waals surface area (Å²) in [6.07, 6.45) is 1.62. The average Bonchev–Trinajstić information content (AvgIpc) is 2.47. The summed E-state index contributed by atoms with van der Waals surface area (Å²) in [6.45, 7) is 8.57. The van der Waals surface area contributed by atoms with Crippen LogP contribution < -0.4 is 11.1 Å². The third-order valence-corrected chi connectivity index (χ3v) is 3.54. The van der Waals surface area contributed by atoms with Crippen molar-refractivity contribution in [3.63, 3.8) is 0 Å². The summed E-state index contributed by atoms with van der Waals surface area (Å²) in [7, 11) is 0. The van der Waals surface area contributed by atoms with Gasteiger partial charge in [-0.25, -0.2) is 4.98 Å². The van der Waals surface area contributed by atoms with Crippen molar-refractivity contribution in [1.29, 1.82) is 0 Å². The summed E-state index contributed by atoms with van der Waals surface area (Å²) in [5, 5.41) is 3.65. The van der Waals surface area contributed by atoms with Crippen LogP contribution in [0.2, 0.25) is 5.02 Å². The van der Waals surface area contributed by atoms with Gasteiger partial charge >= 0.3 is 0 Å². The van der Waals surface area contributed by atoms with Crippen LogP contribution in [0.25, 0.3) is 0 Å². The summed E-state index contributed by atoms with van der Waals surface area (Å²) in [5.74, 6) is 7.21. The minimum atomic E-state index is -0.441. The Bertz CT molecular complexity index is 734. The number of halogens is 1. The topological polar surface area (TPSA) is 76.7 Å². The molecule has 2 rings (SSSR count). The van der Waals surface area contributed by atoms with E-state index in [-0.39, 0.29) is 0 Å². The van der Waals surface area contributed by atoms with Crippen molar-refractivity contribution in [2.45, 2.75) is 33.1 Å². The minimum Gasteiger partial charge on any atom is -0.382 e. The molecule has 0 aliphatic rings. The molecule has 0 bridgehead atoms. The van der Waals surface area contributed by atoms with E-state index in [1.165, 1.54) is 0 Å². The molecular formula is C17H20ClN5. The smallest absolute Gasteiger partial charge is 0.224 e. The molecule has 0 saturated heterocycles. The maximum Gasteiger partial charge on any atom is 0.224 e. The lowest BCUT2D eigenvalue weighted by Crippen LogP contribution is -2.16. The first-order chi connectivity index (χ1) is 10.8. The van der Waals surface area contributed by atoms with Crippen LogP contribution in [0.4, 0.5) is 11.8 Å². The Labute approximate surface area is 141 Å². The molecule has 0 saturated carbocycles. The lowest BCUT2D eigenvalue weighted by atomic mass is 9.89. The first-order valence-corrected chi connectivity index (χ1v) is 7.74. The highest BCUT2D eigenvalue weighted by atomic mass is 35.5. The number of nitrogens with two attached hydrogens (primary N) is 1. The molecule has 0 amide bonds. The maximum absolute atomic E-state index is 6.01. The van der Waals surface area contributed by atoms with Crippen LogP contribution in [0, 0.1) is 18.8 Å². The van der Waals surface area contributed by atoms with E-state index in [4.69, 9.17) is 17.3 Å². The first kappa shape index (κ1) is 17.0. The fourth-order valence-electron chi connectivity index (χ4n) is 2.02. The van der Waals surface area contributed by atoms with Gasteiger partial charge in [0.15, 0.2) is 0 Å². The molecule has 120 valence electrons. The van der Waals surface area contributed by atoms with Crippen LogP contribution in [-0.4, -0.2) is 21.5 Å². The molecule has 2 aromatic rings. The number of hydrogen-bond acceptors (Lipinski definition) is 5. The number of nitrogens with zero attached hydrogens (tertiary/aromatic N) is 3. The molecule has 0 radical (unpaired) electrons. The second kappa shape index (κ2) is 6.84. The van der Waals surface area contributed by atoms with E-state index in [2.05, 4.69) is 32.1 Å². The van der Waals surface area contributed by atoms with Gasteiger partial charge in [-0.3, -0.25) is 4.98 Å². The zero-order valence-corrected chi connectivity index (χ0v) is 14.5. The van der Waals surface area contributed by atoms with Gasteiger partial charge in [-0.1, -0.05) is 23.4 Å². The summed E-state index contributed by atoms with van der Waals surface area (Å²) in [4.78, 5) is 12.9. The van der Waals surface area contributed by atoms with E-state index in [9.17, 15) is 0 Å². The van der Waals surface area contributed by atoms with Crippen molar-refractivity contribution in [2.24, 2.45) is 0 Å². The molecule has 3 N–H and O–H groups in total. The molecule has 0 aromatic carbocycles. The molecule has 23 heavy (non-hydrogen) atoms. The highest BCUT2D eigenvalue weighted by Crippen LogP contribution is 2.22. The number of anilines is 2. The monoisotopic (exact) mass is 329 g/mol. The van der Waals surface area contributed by atoms with Crippen molar-refractivity contribution in [3.05, 3.63) is 40.3 Å². The second-order valence-corrected chi connectivity index (χ2v) is 6.10. The van der Waals surface area contributed by atoms with Crippen LogP contribution in [0.3, 0.4) is 0 Å². The molecule has 0 unspecified atom stereocenters. The molecule has 0 spiro atoms. The minimum absolute atomic E-state index is 0.376. The fourth-order valence-corrected chi connectivity index (χ4v) is 2.13. The van der Waals surface area contributed by atoms with Gasteiger partial charge in [-0.05, 0) is 39.8 Å². The zero-order chi connectivity index (χ0) is 17.0. The predicted molar refractivity (Wildman–Crippen MR) is 94.5 cm³/mol. The van der Waals surface area contributed by atoms with E-state index in [1.807, 2.05) is 33.8 Å². The summed E-state index contributed by atoms with van der Waals surface area (Å²) in [5.41, 5.74) is 7.81. The third kappa shape index (κ3) is 4.11. The van der Waals surface area contributed by atoms with Crippen molar-refractivity contribution in [3.8, 4) is 11.8 Å². The highest BCUT2D eigenvalue weighted by molar-refractivity contribution is 6.30. The molecule has 2 aromatic heterocycles. The standard InChI is InChI=1S/C17H20ClN5/c1-5-20-16-22-11(2)13(15(19)23-16)8-9-17(3,4)14-7-6-12(18)10-21-14/h6-7,10H,5H2,1-4H3,(H3,19,20,22,23).